The van der Waals surface area contributed by atoms with Crippen LogP contribution in [0, 0.1) is 0 Å². The number of nitrogens with zero attached hydrogens (tertiary/aromatic N) is 1. The molecule has 0 N–H and O–H groups in total. The number of hydrogen-bond acceptors (Lipinski definition) is 8. The Kier molecular flexibility index (Phi) is 6.92. The molecule has 7 nitrogen and oxygen atoms in total. The Labute approximate surface area is 207 Å². The third-order valence-electron chi connectivity index (χ3n) is 4.84. The molecule has 1 fully saturated rings. The summed E-state index contributed by atoms with van der Waals surface area (Å²) in [5.41, 5.74) is 1.17. The molecule has 0 atom stereocenters. The van der Waals surface area contributed by atoms with E-state index >= 15 is 0 Å². The largest absolute Gasteiger partial charge is 0.495 e. The van der Waals surface area contributed by atoms with E-state index in [0.29, 0.717) is 26.2 Å². The van der Waals surface area contributed by atoms with E-state index < -0.39 is 10.1 Å². The number of amides is 1. The first-order valence-electron chi connectivity index (χ1n) is 9.92. The summed E-state index contributed by atoms with van der Waals surface area (Å²) >= 11 is 6.60. The second kappa shape index (κ2) is 9.88. The average Bonchev–Trinajstić information content (AvgIpc) is 3.12. The number of ether oxygens (including phenoxy) is 2. The molecule has 34 heavy (non-hydrogen) atoms. The summed E-state index contributed by atoms with van der Waals surface area (Å²) in [5, 5.41) is 0. The van der Waals surface area contributed by atoms with Crippen LogP contribution < -0.4 is 18.6 Å². The van der Waals surface area contributed by atoms with E-state index in [1.807, 2.05) is 6.07 Å². The van der Waals surface area contributed by atoms with Crippen LogP contribution in [0.5, 0.6) is 17.2 Å². The predicted octanol–water partition coefficient (Wildman–Crippen LogP) is 4.88. The summed E-state index contributed by atoms with van der Waals surface area (Å²) in [5.74, 6) is 0.479. The van der Waals surface area contributed by atoms with E-state index in [0.717, 1.165) is 11.8 Å². The summed E-state index contributed by atoms with van der Waals surface area (Å²) in [6, 6.07) is 19.6. The van der Waals surface area contributed by atoms with Crippen molar-refractivity contribution in [2.24, 2.45) is 0 Å². The van der Waals surface area contributed by atoms with Gasteiger partial charge in [0.1, 0.15) is 10.6 Å². The molecule has 1 aliphatic rings. The number of para-hydroxylation sites is 2. The van der Waals surface area contributed by atoms with E-state index in [-0.39, 0.29) is 22.3 Å². The van der Waals surface area contributed by atoms with Crippen LogP contribution in [0.4, 0.5) is 5.69 Å². The number of benzene rings is 3. The Morgan fingerprint density at radius 2 is 1.56 bits per heavy atom. The van der Waals surface area contributed by atoms with E-state index in [4.69, 9.17) is 25.9 Å². The molecule has 0 bridgehead atoms. The normalized spacial score (nSPS) is 15.0. The highest BCUT2D eigenvalue weighted by atomic mass is 32.2. The number of anilines is 1. The molecule has 0 saturated carbocycles. The van der Waals surface area contributed by atoms with Crippen molar-refractivity contribution in [3.05, 3.63) is 83.3 Å². The molecule has 174 valence electrons. The summed E-state index contributed by atoms with van der Waals surface area (Å²) in [4.78, 5) is 15.0. The summed E-state index contributed by atoms with van der Waals surface area (Å²) < 4.78 is 41.5. The van der Waals surface area contributed by atoms with Crippen molar-refractivity contribution in [1.29, 1.82) is 0 Å². The fourth-order valence-electron chi connectivity index (χ4n) is 3.24. The van der Waals surface area contributed by atoms with E-state index in [9.17, 15) is 13.2 Å². The van der Waals surface area contributed by atoms with Gasteiger partial charge in [0.25, 0.3) is 5.91 Å². The SMILES string of the molecule is COc1cc(/C=C2\SC(=S)N(c3ccccc3OC)C2=O)ccc1OS(=O)(=O)c1ccccc1. The zero-order chi connectivity index (χ0) is 24.3. The van der Waals surface area contributed by atoms with E-state index in [1.165, 1.54) is 37.3 Å². The third-order valence-corrected chi connectivity index (χ3v) is 7.39. The lowest BCUT2D eigenvalue weighted by Gasteiger charge is -2.17. The van der Waals surface area contributed by atoms with Crippen LogP contribution in [-0.4, -0.2) is 32.9 Å². The molecule has 4 rings (SSSR count). The fraction of sp³-hybridized carbons (Fsp3) is 0.0833. The minimum atomic E-state index is -4.03. The Hall–Kier alpha value is -3.34. The highest BCUT2D eigenvalue weighted by Crippen LogP contribution is 2.40. The van der Waals surface area contributed by atoms with Gasteiger partial charge in [-0.25, -0.2) is 0 Å². The molecular formula is C24H19NO6S3. The second-order valence-electron chi connectivity index (χ2n) is 6.95. The molecule has 10 heteroatoms. The topological polar surface area (TPSA) is 82.1 Å². The molecule has 0 aromatic heterocycles. The molecule has 0 radical (unpaired) electrons. The van der Waals surface area contributed by atoms with Crippen LogP contribution in [0.25, 0.3) is 6.08 Å². The van der Waals surface area contributed by atoms with Crippen LogP contribution in [0.3, 0.4) is 0 Å². The van der Waals surface area contributed by atoms with Gasteiger partial charge in [-0.1, -0.05) is 60.4 Å². The predicted molar refractivity (Wildman–Crippen MR) is 136 cm³/mol. The second-order valence-corrected chi connectivity index (χ2v) is 10.2. The van der Waals surface area contributed by atoms with Gasteiger partial charge in [-0.2, -0.15) is 8.42 Å². The molecule has 1 aliphatic heterocycles. The number of rotatable bonds is 7. The summed E-state index contributed by atoms with van der Waals surface area (Å²) in [6.07, 6.45) is 1.66. The quantitative estimate of drug-likeness (QED) is 0.251. The Balaban J connectivity index is 1.61. The third kappa shape index (κ3) is 4.79. The Morgan fingerprint density at radius 1 is 0.882 bits per heavy atom. The first-order valence-corrected chi connectivity index (χ1v) is 12.6. The van der Waals surface area contributed by atoms with Crippen LogP contribution >= 0.6 is 24.0 Å². The Bertz CT molecular complexity index is 1390. The van der Waals surface area contributed by atoms with Crippen molar-refractivity contribution < 1.29 is 26.9 Å². The number of thioether (sulfide) groups is 1. The Morgan fingerprint density at radius 3 is 2.26 bits per heavy atom. The van der Waals surface area contributed by atoms with Crippen molar-refractivity contribution in [3.63, 3.8) is 0 Å². The number of carbonyl (C=O) groups is 1. The van der Waals surface area contributed by atoms with Gasteiger partial charge >= 0.3 is 10.1 Å². The number of carbonyl (C=O) groups excluding carboxylic acids is 1. The zero-order valence-electron chi connectivity index (χ0n) is 18.1. The highest BCUT2D eigenvalue weighted by Gasteiger charge is 2.35. The van der Waals surface area contributed by atoms with Crippen LogP contribution in [0.15, 0.2) is 82.6 Å². The van der Waals surface area contributed by atoms with Gasteiger partial charge in [-0.05, 0) is 48.0 Å². The molecular weight excluding hydrogens is 494 g/mol. The molecule has 0 spiro atoms. The van der Waals surface area contributed by atoms with Gasteiger partial charge in [-0.15, -0.1) is 0 Å². The number of hydrogen-bond donors (Lipinski definition) is 0. The van der Waals surface area contributed by atoms with Crippen molar-refractivity contribution in [1.82, 2.24) is 0 Å². The molecule has 1 saturated heterocycles. The summed E-state index contributed by atoms with van der Waals surface area (Å²) in [6.45, 7) is 0. The minimum Gasteiger partial charge on any atom is -0.495 e. The van der Waals surface area contributed by atoms with Gasteiger partial charge in [0, 0.05) is 0 Å². The first-order chi connectivity index (χ1) is 16.3. The molecule has 3 aromatic rings. The first kappa shape index (κ1) is 23.8. The van der Waals surface area contributed by atoms with Crippen molar-refractivity contribution in [2.45, 2.75) is 4.90 Å². The molecule has 1 amide bonds. The van der Waals surface area contributed by atoms with E-state index in [1.54, 1.807) is 54.6 Å². The van der Waals surface area contributed by atoms with Crippen LogP contribution in [-0.2, 0) is 14.9 Å². The van der Waals surface area contributed by atoms with Gasteiger partial charge in [0.15, 0.2) is 15.8 Å². The minimum absolute atomic E-state index is 0.0288. The lowest BCUT2D eigenvalue weighted by atomic mass is 10.2. The highest BCUT2D eigenvalue weighted by molar-refractivity contribution is 8.27. The summed E-state index contributed by atoms with van der Waals surface area (Å²) in [7, 11) is -1.10. The molecule has 3 aromatic carbocycles. The van der Waals surface area contributed by atoms with Gasteiger partial charge in [-0.3, -0.25) is 9.69 Å². The molecule has 0 unspecified atom stereocenters. The van der Waals surface area contributed by atoms with E-state index in [2.05, 4.69) is 0 Å². The van der Waals surface area contributed by atoms with Crippen LogP contribution in [0.2, 0.25) is 0 Å². The molecule has 0 aliphatic carbocycles. The zero-order valence-corrected chi connectivity index (χ0v) is 20.6. The molecule has 1 heterocycles. The lowest BCUT2D eigenvalue weighted by Crippen LogP contribution is -2.27. The maximum Gasteiger partial charge on any atom is 0.339 e. The maximum atomic E-state index is 13.1. The monoisotopic (exact) mass is 513 g/mol. The van der Waals surface area contributed by atoms with Gasteiger partial charge < -0.3 is 13.7 Å². The maximum absolute atomic E-state index is 13.1. The standard InChI is InChI=1S/C24H19NO6S3/c1-29-19-11-7-6-10-18(19)25-23(26)22(33-24(25)32)15-16-12-13-20(21(14-16)30-2)31-34(27,28)17-8-4-3-5-9-17/h3-15H,1-2H3/b22-15-. The fourth-order valence-corrected chi connectivity index (χ4v) is 5.48. The lowest BCUT2D eigenvalue weighted by molar-refractivity contribution is -0.113. The van der Waals surface area contributed by atoms with Gasteiger partial charge in [0.05, 0.1) is 24.8 Å². The van der Waals surface area contributed by atoms with Crippen molar-refractivity contribution in [3.8, 4) is 17.2 Å². The smallest absolute Gasteiger partial charge is 0.339 e. The van der Waals surface area contributed by atoms with Crippen molar-refractivity contribution in [2.75, 3.05) is 19.1 Å². The number of methoxy groups -OCH3 is 2. The van der Waals surface area contributed by atoms with Gasteiger partial charge in [0.2, 0.25) is 0 Å². The van der Waals surface area contributed by atoms with Crippen LogP contribution in [0.1, 0.15) is 5.56 Å². The van der Waals surface area contributed by atoms with Crippen molar-refractivity contribution >= 4 is 56.1 Å². The number of thiocarbonyl (C=S) groups is 1. The average molecular weight is 514 g/mol.